The van der Waals surface area contributed by atoms with Gasteiger partial charge in [-0.05, 0) is 72.2 Å². The maximum absolute atomic E-state index is 13.0. The lowest BCUT2D eigenvalue weighted by Crippen LogP contribution is -2.20. The molecular formula is C25H19Br4N3O3. The van der Waals surface area contributed by atoms with Crippen molar-refractivity contribution in [3.63, 3.8) is 0 Å². The molecule has 4 rings (SSSR count). The Morgan fingerprint density at radius 1 is 0.943 bits per heavy atom. The van der Waals surface area contributed by atoms with Gasteiger partial charge in [-0.15, -0.1) is 0 Å². The number of benzene rings is 3. The highest BCUT2D eigenvalue weighted by atomic mass is 79.9. The van der Waals surface area contributed by atoms with Crippen molar-refractivity contribution in [2.75, 3.05) is 6.61 Å². The zero-order valence-electron chi connectivity index (χ0n) is 18.7. The van der Waals surface area contributed by atoms with E-state index in [-0.39, 0.29) is 5.56 Å². The van der Waals surface area contributed by atoms with Gasteiger partial charge in [-0.1, -0.05) is 53.9 Å². The van der Waals surface area contributed by atoms with Crippen molar-refractivity contribution in [1.29, 1.82) is 0 Å². The van der Waals surface area contributed by atoms with Crippen molar-refractivity contribution in [2.24, 2.45) is 5.10 Å². The predicted octanol–water partition coefficient (Wildman–Crippen LogP) is 7.61. The molecule has 0 aliphatic rings. The minimum atomic E-state index is -0.244. The first kappa shape index (κ1) is 26.1. The van der Waals surface area contributed by atoms with Gasteiger partial charge in [0.05, 0.1) is 23.7 Å². The van der Waals surface area contributed by atoms with Gasteiger partial charge in [-0.2, -0.15) is 9.78 Å². The molecule has 4 aromatic rings. The molecule has 0 saturated carbocycles. The van der Waals surface area contributed by atoms with Crippen molar-refractivity contribution in [2.45, 2.75) is 20.5 Å². The lowest BCUT2D eigenvalue weighted by atomic mass is 10.2. The molecule has 35 heavy (non-hydrogen) atoms. The molecule has 0 saturated heterocycles. The molecule has 0 aliphatic heterocycles. The summed E-state index contributed by atoms with van der Waals surface area (Å²) in [5, 5.41) is 4.91. The van der Waals surface area contributed by atoms with E-state index in [9.17, 15) is 4.79 Å². The van der Waals surface area contributed by atoms with Crippen LogP contribution in [0.5, 0.6) is 11.5 Å². The van der Waals surface area contributed by atoms with Crippen LogP contribution in [0.1, 0.15) is 23.9 Å². The van der Waals surface area contributed by atoms with Crippen LogP contribution in [-0.4, -0.2) is 22.5 Å². The van der Waals surface area contributed by atoms with E-state index in [0.29, 0.717) is 41.4 Å². The molecule has 6 nitrogen and oxygen atoms in total. The van der Waals surface area contributed by atoms with Crippen LogP contribution in [-0.2, 0) is 6.61 Å². The summed E-state index contributed by atoms with van der Waals surface area (Å²) < 4.78 is 16.7. The summed E-state index contributed by atoms with van der Waals surface area (Å²) >= 11 is 14.0. The van der Waals surface area contributed by atoms with Crippen molar-refractivity contribution >= 4 is 80.8 Å². The van der Waals surface area contributed by atoms with E-state index < -0.39 is 0 Å². The molecule has 0 spiro atoms. The van der Waals surface area contributed by atoms with Gasteiger partial charge >= 0.3 is 0 Å². The predicted molar refractivity (Wildman–Crippen MR) is 153 cm³/mol. The second kappa shape index (κ2) is 11.4. The fourth-order valence-corrected chi connectivity index (χ4v) is 5.29. The molecule has 180 valence electrons. The molecule has 0 amide bonds. The van der Waals surface area contributed by atoms with Gasteiger partial charge in [0.25, 0.3) is 5.56 Å². The van der Waals surface area contributed by atoms with Crippen molar-refractivity contribution in [1.82, 2.24) is 9.66 Å². The lowest BCUT2D eigenvalue weighted by molar-refractivity contribution is 0.268. The third kappa shape index (κ3) is 6.04. The Morgan fingerprint density at radius 3 is 2.40 bits per heavy atom. The fraction of sp³-hybridized carbons (Fsp3) is 0.160. The molecule has 1 aromatic heterocycles. The summed E-state index contributed by atoms with van der Waals surface area (Å²) in [6, 6.07) is 15.0. The van der Waals surface area contributed by atoms with Crippen LogP contribution in [0.2, 0.25) is 0 Å². The standard InChI is InChI=1S/C25H19Br4N3O3/c1-3-34-23-8-16(21(29)11-24(23)35-13-15-4-5-18(27)10-20(15)28)12-30-32-14(2)31-22-7-6-17(26)9-19(22)25(32)33/h4-12H,3,13H2,1-2H3. The highest BCUT2D eigenvalue weighted by Crippen LogP contribution is 2.34. The molecule has 0 aliphatic carbocycles. The average Bonchev–Trinajstić information content (AvgIpc) is 2.81. The summed E-state index contributed by atoms with van der Waals surface area (Å²) in [7, 11) is 0. The largest absolute Gasteiger partial charge is 0.490 e. The summed E-state index contributed by atoms with van der Waals surface area (Å²) in [6.07, 6.45) is 1.60. The number of halogens is 4. The van der Waals surface area contributed by atoms with E-state index >= 15 is 0 Å². The molecule has 1 heterocycles. The Hall–Kier alpha value is -2.01. The maximum Gasteiger partial charge on any atom is 0.282 e. The normalized spacial score (nSPS) is 11.4. The number of ether oxygens (including phenoxy) is 2. The van der Waals surface area contributed by atoms with Crippen LogP contribution >= 0.6 is 63.7 Å². The van der Waals surface area contributed by atoms with Crippen LogP contribution in [0.3, 0.4) is 0 Å². The van der Waals surface area contributed by atoms with Crippen molar-refractivity contribution < 1.29 is 9.47 Å². The molecule has 0 bridgehead atoms. The second-order valence-corrected chi connectivity index (χ2v) is 11.0. The van der Waals surface area contributed by atoms with Gasteiger partial charge in [0.2, 0.25) is 0 Å². The molecule has 10 heteroatoms. The number of fused-ring (bicyclic) bond motifs is 1. The molecule has 3 aromatic carbocycles. The second-order valence-electron chi connectivity index (χ2n) is 7.46. The highest BCUT2D eigenvalue weighted by molar-refractivity contribution is 9.11. The van der Waals surface area contributed by atoms with Crippen molar-refractivity contribution in [3.8, 4) is 11.5 Å². The fourth-order valence-electron chi connectivity index (χ4n) is 3.34. The van der Waals surface area contributed by atoms with Gasteiger partial charge < -0.3 is 9.47 Å². The summed E-state index contributed by atoms with van der Waals surface area (Å²) in [5.74, 6) is 1.66. The third-order valence-corrected chi connectivity index (χ3v) is 7.46. The van der Waals surface area contributed by atoms with E-state index in [0.717, 1.165) is 29.0 Å². The quantitative estimate of drug-likeness (QED) is 0.184. The van der Waals surface area contributed by atoms with Crippen LogP contribution in [0.4, 0.5) is 0 Å². The number of aryl methyl sites for hydroxylation is 1. The molecule has 0 fully saturated rings. The lowest BCUT2D eigenvalue weighted by Gasteiger charge is -2.14. The van der Waals surface area contributed by atoms with E-state index in [1.807, 2.05) is 43.3 Å². The van der Waals surface area contributed by atoms with Gasteiger partial charge in [-0.3, -0.25) is 4.79 Å². The number of hydrogen-bond acceptors (Lipinski definition) is 5. The number of hydrogen-bond donors (Lipinski definition) is 0. The van der Waals surface area contributed by atoms with Crippen LogP contribution in [0, 0.1) is 6.92 Å². The first-order chi connectivity index (χ1) is 16.8. The van der Waals surface area contributed by atoms with Gasteiger partial charge in [0.1, 0.15) is 12.4 Å². The Morgan fingerprint density at radius 2 is 1.66 bits per heavy atom. The van der Waals surface area contributed by atoms with Crippen LogP contribution in [0.25, 0.3) is 10.9 Å². The topological polar surface area (TPSA) is 65.7 Å². The number of rotatable bonds is 7. The Balaban J connectivity index is 1.66. The van der Waals surface area contributed by atoms with Crippen molar-refractivity contribution in [3.05, 3.63) is 93.7 Å². The average molecular weight is 729 g/mol. The van der Waals surface area contributed by atoms with E-state index in [2.05, 4.69) is 73.8 Å². The summed E-state index contributed by atoms with van der Waals surface area (Å²) in [4.78, 5) is 17.5. The maximum atomic E-state index is 13.0. The molecule has 0 unspecified atom stereocenters. The number of nitrogens with zero attached hydrogens (tertiary/aromatic N) is 3. The molecule has 0 atom stereocenters. The summed E-state index contributed by atoms with van der Waals surface area (Å²) in [5.41, 5.74) is 2.11. The smallest absolute Gasteiger partial charge is 0.282 e. The molecule has 0 radical (unpaired) electrons. The van der Waals surface area contributed by atoms with Crippen LogP contribution < -0.4 is 15.0 Å². The zero-order valence-corrected chi connectivity index (χ0v) is 25.0. The third-order valence-electron chi connectivity index (χ3n) is 5.04. The van der Waals surface area contributed by atoms with E-state index in [4.69, 9.17) is 9.47 Å². The SMILES string of the molecule is CCOc1cc(C=Nn2c(C)nc3ccc(Br)cc3c2=O)c(Br)cc1OCc1ccc(Br)cc1Br. The monoisotopic (exact) mass is 725 g/mol. The Labute approximate surface area is 235 Å². The Kier molecular flexibility index (Phi) is 8.46. The molecular weight excluding hydrogens is 710 g/mol. The summed E-state index contributed by atoms with van der Waals surface area (Å²) in [6.45, 7) is 4.49. The first-order valence-electron chi connectivity index (χ1n) is 10.5. The number of aromatic nitrogens is 2. The minimum absolute atomic E-state index is 0.244. The van der Waals surface area contributed by atoms with Gasteiger partial charge in [0, 0.05) is 29.0 Å². The molecule has 0 N–H and O–H groups in total. The highest BCUT2D eigenvalue weighted by Gasteiger charge is 2.13. The first-order valence-corrected chi connectivity index (χ1v) is 13.7. The van der Waals surface area contributed by atoms with E-state index in [1.54, 1.807) is 25.3 Å². The van der Waals surface area contributed by atoms with Gasteiger partial charge in [0.15, 0.2) is 11.5 Å². The van der Waals surface area contributed by atoms with Crippen LogP contribution in [0.15, 0.2) is 76.3 Å². The van der Waals surface area contributed by atoms with Gasteiger partial charge in [-0.25, -0.2) is 4.98 Å². The Bertz CT molecular complexity index is 1500. The zero-order chi connectivity index (χ0) is 25.1. The van der Waals surface area contributed by atoms with E-state index in [1.165, 1.54) is 4.68 Å². The minimum Gasteiger partial charge on any atom is -0.490 e.